The fourth-order valence-corrected chi connectivity index (χ4v) is 2.85. The van der Waals surface area contributed by atoms with Crippen molar-refractivity contribution < 1.29 is 19.1 Å². The molecule has 0 atom stereocenters. The number of hydrogen-bond acceptors (Lipinski definition) is 4. The van der Waals surface area contributed by atoms with Gasteiger partial charge in [-0.05, 0) is 36.4 Å². The van der Waals surface area contributed by atoms with Crippen molar-refractivity contribution in [2.24, 2.45) is 0 Å². The maximum atomic E-state index is 12.6. The Morgan fingerprint density at radius 1 is 1.12 bits per heavy atom. The monoisotopic (exact) mass is 372 g/mol. The van der Waals surface area contributed by atoms with E-state index in [2.05, 4.69) is 0 Å². The SMILES string of the molecule is CN(CCOc1cccc(Cl)c1)C(=O)c1ccc2c(c1)C(=O)N(C)C2=O. The molecule has 1 heterocycles. The molecule has 0 aromatic heterocycles. The number of benzene rings is 2. The number of carbonyl (C=O) groups excluding carboxylic acids is 3. The first-order valence-corrected chi connectivity index (χ1v) is 8.36. The lowest BCUT2D eigenvalue weighted by Crippen LogP contribution is -2.31. The van der Waals surface area contributed by atoms with Crippen molar-refractivity contribution in [2.75, 3.05) is 27.2 Å². The van der Waals surface area contributed by atoms with E-state index in [9.17, 15) is 14.4 Å². The van der Waals surface area contributed by atoms with Crippen LogP contribution in [-0.2, 0) is 0 Å². The Kier molecular flexibility index (Phi) is 4.95. The van der Waals surface area contributed by atoms with Gasteiger partial charge in [0, 0.05) is 24.7 Å². The van der Waals surface area contributed by atoms with E-state index in [0.717, 1.165) is 4.90 Å². The summed E-state index contributed by atoms with van der Waals surface area (Å²) in [6.45, 7) is 0.656. The third kappa shape index (κ3) is 3.41. The van der Waals surface area contributed by atoms with E-state index in [4.69, 9.17) is 16.3 Å². The summed E-state index contributed by atoms with van der Waals surface area (Å²) in [5.74, 6) is -0.376. The first-order chi connectivity index (χ1) is 12.4. The molecule has 0 bridgehead atoms. The molecule has 1 aliphatic rings. The van der Waals surface area contributed by atoms with Crippen LogP contribution in [0, 0.1) is 0 Å². The van der Waals surface area contributed by atoms with Crippen LogP contribution < -0.4 is 4.74 Å². The first-order valence-electron chi connectivity index (χ1n) is 7.99. The molecule has 0 aliphatic carbocycles. The number of hydrogen-bond donors (Lipinski definition) is 0. The molecule has 0 N–H and O–H groups in total. The maximum absolute atomic E-state index is 12.6. The largest absolute Gasteiger partial charge is 0.492 e. The summed E-state index contributed by atoms with van der Waals surface area (Å²) in [4.78, 5) is 39.1. The minimum atomic E-state index is -0.397. The predicted octanol–water partition coefficient (Wildman–Crippen LogP) is 2.72. The molecule has 7 heteroatoms. The minimum Gasteiger partial charge on any atom is -0.492 e. The Morgan fingerprint density at radius 2 is 1.85 bits per heavy atom. The molecule has 134 valence electrons. The van der Waals surface area contributed by atoms with Crippen molar-refractivity contribution in [1.29, 1.82) is 0 Å². The smallest absolute Gasteiger partial charge is 0.261 e. The number of nitrogens with zero attached hydrogens (tertiary/aromatic N) is 2. The van der Waals surface area contributed by atoms with Crippen LogP contribution in [0.2, 0.25) is 5.02 Å². The maximum Gasteiger partial charge on any atom is 0.261 e. The van der Waals surface area contributed by atoms with Crippen LogP contribution in [0.25, 0.3) is 0 Å². The highest BCUT2D eigenvalue weighted by Crippen LogP contribution is 2.23. The molecular formula is C19H17ClN2O4. The molecule has 1 aliphatic heterocycles. The van der Waals surface area contributed by atoms with Gasteiger partial charge in [-0.25, -0.2) is 0 Å². The van der Waals surface area contributed by atoms with Gasteiger partial charge < -0.3 is 9.64 Å². The highest BCUT2D eigenvalue weighted by molar-refractivity contribution is 6.30. The molecule has 3 rings (SSSR count). The van der Waals surface area contributed by atoms with Crippen LogP contribution in [0.15, 0.2) is 42.5 Å². The quantitative estimate of drug-likeness (QED) is 0.757. The van der Waals surface area contributed by atoms with Crippen molar-refractivity contribution in [2.45, 2.75) is 0 Å². The Bertz CT molecular complexity index is 897. The summed E-state index contributed by atoms with van der Waals surface area (Å²) in [5.41, 5.74) is 0.929. The van der Waals surface area contributed by atoms with E-state index in [-0.39, 0.29) is 17.4 Å². The summed E-state index contributed by atoms with van der Waals surface area (Å²) in [6.07, 6.45) is 0. The van der Waals surface area contributed by atoms with Gasteiger partial charge in [-0.1, -0.05) is 17.7 Å². The fourth-order valence-electron chi connectivity index (χ4n) is 2.67. The number of likely N-dealkylation sites (N-methyl/N-ethyl adjacent to an activating group) is 1. The van der Waals surface area contributed by atoms with Gasteiger partial charge in [-0.15, -0.1) is 0 Å². The van der Waals surface area contributed by atoms with Crippen LogP contribution in [-0.4, -0.2) is 54.8 Å². The van der Waals surface area contributed by atoms with E-state index in [1.54, 1.807) is 37.4 Å². The molecular weight excluding hydrogens is 356 g/mol. The van der Waals surface area contributed by atoms with Crippen molar-refractivity contribution in [3.63, 3.8) is 0 Å². The second-order valence-electron chi connectivity index (χ2n) is 5.96. The number of carbonyl (C=O) groups is 3. The zero-order chi connectivity index (χ0) is 18.8. The van der Waals surface area contributed by atoms with Crippen LogP contribution >= 0.6 is 11.6 Å². The lowest BCUT2D eigenvalue weighted by Gasteiger charge is -2.18. The Balaban J connectivity index is 1.64. The van der Waals surface area contributed by atoms with Gasteiger partial charge in [0.2, 0.25) is 0 Å². The topological polar surface area (TPSA) is 66.9 Å². The number of ether oxygens (including phenoxy) is 1. The van der Waals surface area contributed by atoms with E-state index in [1.807, 2.05) is 0 Å². The normalized spacial score (nSPS) is 13.0. The van der Waals surface area contributed by atoms with Crippen LogP contribution in [0.5, 0.6) is 5.75 Å². The Hall–Kier alpha value is -2.86. The average molecular weight is 373 g/mol. The molecule has 0 saturated heterocycles. The van der Waals surface area contributed by atoms with Gasteiger partial charge in [-0.2, -0.15) is 0 Å². The molecule has 0 fully saturated rings. The highest BCUT2D eigenvalue weighted by atomic mass is 35.5. The van der Waals surface area contributed by atoms with Gasteiger partial charge in [0.25, 0.3) is 17.7 Å². The third-order valence-corrected chi connectivity index (χ3v) is 4.41. The van der Waals surface area contributed by atoms with E-state index in [1.165, 1.54) is 24.1 Å². The van der Waals surface area contributed by atoms with Crippen molar-refractivity contribution >= 4 is 29.3 Å². The molecule has 0 spiro atoms. The van der Waals surface area contributed by atoms with Gasteiger partial charge in [0.15, 0.2) is 0 Å². The van der Waals surface area contributed by atoms with Crippen molar-refractivity contribution in [3.8, 4) is 5.75 Å². The molecule has 3 amide bonds. The summed E-state index contributed by atoms with van der Waals surface area (Å²) in [7, 11) is 3.07. The van der Waals surface area contributed by atoms with E-state index < -0.39 is 5.91 Å². The standard InChI is InChI=1S/C19H17ClN2O4/c1-21(8-9-26-14-5-3-4-13(20)11-14)17(23)12-6-7-15-16(10-12)19(25)22(2)18(15)24/h3-7,10-11H,8-9H2,1-2H3. The molecule has 0 saturated carbocycles. The highest BCUT2D eigenvalue weighted by Gasteiger charge is 2.33. The van der Waals surface area contributed by atoms with Gasteiger partial charge in [0.05, 0.1) is 17.7 Å². The Labute approximate surface area is 155 Å². The molecule has 2 aromatic carbocycles. The second-order valence-corrected chi connectivity index (χ2v) is 6.40. The lowest BCUT2D eigenvalue weighted by molar-refractivity contribution is 0.0692. The zero-order valence-corrected chi connectivity index (χ0v) is 15.1. The van der Waals surface area contributed by atoms with Crippen molar-refractivity contribution in [1.82, 2.24) is 9.80 Å². The third-order valence-electron chi connectivity index (χ3n) is 4.17. The number of amides is 3. The summed E-state index contributed by atoms with van der Waals surface area (Å²) >= 11 is 5.90. The fraction of sp³-hybridized carbons (Fsp3) is 0.211. The van der Waals surface area contributed by atoms with Crippen LogP contribution in [0.3, 0.4) is 0 Å². The number of fused-ring (bicyclic) bond motifs is 1. The Morgan fingerprint density at radius 3 is 2.58 bits per heavy atom. The number of imide groups is 1. The van der Waals surface area contributed by atoms with Gasteiger partial charge >= 0.3 is 0 Å². The number of rotatable bonds is 5. The molecule has 0 unspecified atom stereocenters. The minimum absolute atomic E-state index is 0.253. The van der Waals surface area contributed by atoms with Gasteiger partial charge in [-0.3, -0.25) is 19.3 Å². The molecule has 2 aromatic rings. The lowest BCUT2D eigenvalue weighted by atomic mass is 10.1. The second kappa shape index (κ2) is 7.17. The summed E-state index contributed by atoms with van der Waals surface area (Å²) < 4.78 is 5.58. The van der Waals surface area contributed by atoms with Crippen molar-refractivity contribution in [3.05, 3.63) is 64.2 Å². The summed E-state index contributed by atoms with van der Waals surface area (Å²) in [6, 6.07) is 11.6. The average Bonchev–Trinajstić information content (AvgIpc) is 2.85. The molecule has 26 heavy (non-hydrogen) atoms. The summed E-state index contributed by atoms with van der Waals surface area (Å²) in [5, 5.41) is 0.578. The first kappa shape index (κ1) is 17.9. The zero-order valence-electron chi connectivity index (χ0n) is 14.4. The van der Waals surface area contributed by atoms with E-state index >= 15 is 0 Å². The van der Waals surface area contributed by atoms with Gasteiger partial charge in [0.1, 0.15) is 12.4 Å². The molecule has 0 radical (unpaired) electrons. The number of halogens is 1. The van der Waals surface area contributed by atoms with E-state index in [0.29, 0.717) is 35.1 Å². The van der Waals surface area contributed by atoms with Crippen LogP contribution in [0.1, 0.15) is 31.1 Å². The predicted molar refractivity (Wildman–Crippen MR) is 96.8 cm³/mol. The van der Waals surface area contributed by atoms with Crippen LogP contribution in [0.4, 0.5) is 0 Å². The molecule has 6 nitrogen and oxygen atoms in total.